The van der Waals surface area contributed by atoms with Crippen LogP contribution in [0.15, 0.2) is 6.20 Å². The molecule has 1 heterocycles. The van der Waals surface area contributed by atoms with Crippen LogP contribution >= 0.6 is 0 Å². The Morgan fingerprint density at radius 2 is 2.31 bits per heavy atom. The van der Waals surface area contributed by atoms with Crippen LogP contribution in [0, 0.1) is 0 Å². The first-order valence-electron chi connectivity index (χ1n) is 4.20. The Kier molecular flexibility index (Phi) is 3.45. The highest BCUT2D eigenvalue weighted by Gasteiger charge is 2.03. The van der Waals surface area contributed by atoms with Gasteiger partial charge in [-0.05, 0) is 6.92 Å². The molecule has 3 N–H and O–H groups in total. The molecule has 0 aliphatic rings. The van der Waals surface area contributed by atoms with Crippen molar-refractivity contribution in [3.05, 3.63) is 11.8 Å². The minimum Gasteiger partial charge on any atom is -0.391 e. The Hall–Kier alpha value is -1.36. The van der Waals surface area contributed by atoms with E-state index in [0.29, 0.717) is 17.3 Å². The molecule has 0 saturated carbocycles. The van der Waals surface area contributed by atoms with Crippen molar-refractivity contribution in [2.75, 3.05) is 24.2 Å². The summed E-state index contributed by atoms with van der Waals surface area (Å²) >= 11 is 0. The van der Waals surface area contributed by atoms with E-state index in [9.17, 15) is 0 Å². The highest BCUT2D eigenvalue weighted by Crippen LogP contribution is 2.12. The Balaban J connectivity index is 2.95. The van der Waals surface area contributed by atoms with Crippen molar-refractivity contribution in [2.45, 2.75) is 13.5 Å². The van der Waals surface area contributed by atoms with Crippen LogP contribution in [0.1, 0.15) is 12.5 Å². The summed E-state index contributed by atoms with van der Waals surface area (Å²) < 4.78 is 0. The molecule has 0 radical (unpaired) electrons. The summed E-state index contributed by atoms with van der Waals surface area (Å²) in [4.78, 5) is 8.15. The van der Waals surface area contributed by atoms with Crippen molar-refractivity contribution in [3.63, 3.8) is 0 Å². The predicted octanol–water partition coefficient (Wildman–Crippen LogP) is 0.442. The molecule has 0 aromatic carbocycles. The fourth-order valence-electron chi connectivity index (χ4n) is 0.963. The van der Waals surface area contributed by atoms with E-state index in [2.05, 4.69) is 20.6 Å². The number of anilines is 2. The van der Waals surface area contributed by atoms with Crippen LogP contribution in [0.4, 0.5) is 11.8 Å². The Bertz CT molecular complexity index is 277. The molecule has 1 aromatic heterocycles. The maximum Gasteiger partial charge on any atom is 0.224 e. The molecule has 0 atom stereocenters. The van der Waals surface area contributed by atoms with E-state index < -0.39 is 0 Å². The number of nitrogens with one attached hydrogen (secondary N) is 2. The van der Waals surface area contributed by atoms with Gasteiger partial charge in [0.1, 0.15) is 5.82 Å². The van der Waals surface area contributed by atoms with Gasteiger partial charge in [-0.3, -0.25) is 0 Å². The van der Waals surface area contributed by atoms with E-state index in [1.807, 2.05) is 6.92 Å². The SMILES string of the molecule is CCNc1nc(NC)ncc1CO. The van der Waals surface area contributed by atoms with Crippen molar-refractivity contribution in [1.82, 2.24) is 9.97 Å². The van der Waals surface area contributed by atoms with Crippen LogP contribution in [0.25, 0.3) is 0 Å². The number of rotatable bonds is 4. The first-order valence-corrected chi connectivity index (χ1v) is 4.20. The number of hydrogen-bond acceptors (Lipinski definition) is 5. The minimum absolute atomic E-state index is 0.0493. The monoisotopic (exact) mass is 182 g/mol. The molecule has 0 fully saturated rings. The van der Waals surface area contributed by atoms with Gasteiger partial charge in [-0.1, -0.05) is 0 Å². The van der Waals surface area contributed by atoms with E-state index in [4.69, 9.17) is 5.11 Å². The van der Waals surface area contributed by atoms with Gasteiger partial charge in [0, 0.05) is 25.4 Å². The first kappa shape index (κ1) is 9.73. The third kappa shape index (κ3) is 2.29. The summed E-state index contributed by atoms with van der Waals surface area (Å²) in [6.07, 6.45) is 1.61. The second kappa shape index (κ2) is 4.61. The third-order valence-corrected chi connectivity index (χ3v) is 1.60. The topological polar surface area (TPSA) is 70.1 Å². The second-order valence-electron chi connectivity index (χ2n) is 2.51. The summed E-state index contributed by atoms with van der Waals surface area (Å²) in [5.74, 6) is 1.23. The maximum atomic E-state index is 8.97. The lowest BCUT2D eigenvalue weighted by molar-refractivity contribution is 0.281. The van der Waals surface area contributed by atoms with E-state index in [1.54, 1.807) is 13.2 Å². The molecule has 0 aliphatic heterocycles. The van der Waals surface area contributed by atoms with E-state index in [0.717, 1.165) is 6.54 Å². The molecular formula is C8H14N4O. The zero-order chi connectivity index (χ0) is 9.68. The highest BCUT2D eigenvalue weighted by atomic mass is 16.3. The number of aliphatic hydroxyl groups excluding tert-OH is 1. The largest absolute Gasteiger partial charge is 0.391 e. The van der Waals surface area contributed by atoms with Crippen LogP contribution in [-0.2, 0) is 6.61 Å². The summed E-state index contributed by atoms with van der Waals surface area (Å²) in [6, 6.07) is 0. The Labute approximate surface area is 77.2 Å². The number of hydrogen-bond donors (Lipinski definition) is 3. The molecule has 72 valence electrons. The second-order valence-corrected chi connectivity index (χ2v) is 2.51. The van der Waals surface area contributed by atoms with Crippen molar-refractivity contribution in [2.24, 2.45) is 0 Å². The third-order valence-electron chi connectivity index (χ3n) is 1.60. The molecule has 0 spiro atoms. The fourth-order valence-corrected chi connectivity index (χ4v) is 0.963. The van der Waals surface area contributed by atoms with E-state index in [1.165, 1.54) is 0 Å². The number of aliphatic hydroxyl groups is 1. The predicted molar refractivity (Wildman–Crippen MR) is 51.7 cm³/mol. The van der Waals surface area contributed by atoms with Gasteiger partial charge in [0.05, 0.1) is 6.61 Å². The molecule has 0 aliphatic carbocycles. The lowest BCUT2D eigenvalue weighted by atomic mass is 10.3. The lowest BCUT2D eigenvalue weighted by Crippen LogP contribution is -2.07. The Morgan fingerprint density at radius 3 is 2.85 bits per heavy atom. The minimum atomic E-state index is -0.0493. The molecule has 1 aromatic rings. The molecule has 0 bridgehead atoms. The molecule has 13 heavy (non-hydrogen) atoms. The van der Waals surface area contributed by atoms with Crippen molar-refractivity contribution in [3.8, 4) is 0 Å². The van der Waals surface area contributed by atoms with Crippen LogP contribution in [0.3, 0.4) is 0 Å². The van der Waals surface area contributed by atoms with Gasteiger partial charge >= 0.3 is 0 Å². The van der Waals surface area contributed by atoms with Crippen LogP contribution in [0.5, 0.6) is 0 Å². The summed E-state index contributed by atoms with van der Waals surface area (Å²) in [6.45, 7) is 2.70. The van der Waals surface area contributed by atoms with Gasteiger partial charge < -0.3 is 15.7 Å². The average molecular weight is 182 g/mol. The van der Waals surface area contributed by atoms with Gasteiger partial charge in [0.25, 0.3) is 0 Å². The zero-order valence-electron chi connectivity index (χ0n) is 7.83. The summed E-state index contributed by atoms with van der Waals surface area (Å²) in [5.41, 5.74) is 0.709. The quantitative estimate of drug-likeness (QED) is 0.630. The van der Waals surface area contributed by atoms with Crippen molar-refractivity contribution >= 4 is 11.8 Å². The normalized spacial score (nSPS) is 9.77. The van der Waals surface area contributed by atoms with Gasteiger partial charge in [-0.2, -0.15) is 4.98 Å². The van der Waals surface area contributed by atoms with E-state index >= 15 is 0 Å². The number of aromatic nitrogens is 2. The van der Waals surface area contributed by atoms with Gasteiger partial charge in [0.2, 0.25) is 5.95 Å². The summed E-state index contributed by atoms with van der Waals surface area (Å²) in [5, 5.41) is 14.9. The fraction of sp³-hybridized carbons (Fsp3) is 0.500. The molecule has 0 saturated heterocycles. The first-order chi connectivity index (χ1) is 6.31. The smallest absolute Gasteiger partial charge is 0.224 e. The van der Waals surface area contributed by atoms with Crippen molar-refractivity contribution in [1.29, 1.82) is 0 Å². The van der Waals surface area contributed by atoms with Crippen molar-refractivity contribution < 1.29 is 5.11 Å². The zero-order valence-corrected chi connectivity index (χ0v) is 7.83. The van der Waals surface area contributed by atoms with Gasteiger partial charge in [-0.25, -0.2) is 4.98 Å². The van der Waals surface area contributed by atoms with Crippen LogP contribution in [-0.4, -0.2) is 28.7 Å². The Morgan fingerprint density at radius 1 is 1.54 bits per heavy atom. The molecule has 5 nitrogen and oxygen atoms in total. The molecule has 5 heteroatoms. The van der Waals surface area contributed by atoms with Crippen LogP contribution < -0.4 is 10.6 Å². The molecule has 1 rings (SSSR count). The standard InChI is InChI=1S/C8H14N4O/c1-3-10-7-6(5-13)4-11-8(9-2)12-7/h4,13H,3,5H2,1-2H3,(H2,9,10,11,12). The molecule has 0 unspecified atom stereocenters. The number of nitrogens with zero attached hydrogens (tertiary/aromatic N) is 2. The lowest BCUT2D eigenvalue weighted by Gasteiger charge is -2.08. The maximum absolute atomic E-state index is 8.97. The highest BCUT2D eigenvalue weighted by molar-refractivity contribution is 5.46. The van der Waals surface area contributed by atoms with E-state index in [-0.39, 0.29) is 6.61 Å². The van der Waals surface area contributed by atoms with Crippen LogP contribution in [0.2, 0.25) is 0 Å². The summed E-state index contributed by atoms with van der Waals surface area (Å²) in [7, 11) is 1.75. The van der Waals surface area contributed by atoms with Gasteiger partial charge in [-0.15, -0.1) is 0 Å². The molecule has 0 amide bonds. The average Bonchev–Trinajstić information content (AvgIpc) is 2.18. The molecular weight excluding hydrogens is 168 g/mol. The van der Waals surface area contributed by atoms with Gasteiger partial charge in [0.15, 0.2) is 0 Å².